The minimum absolute atomic E-state index is 0.0679. The second-order valence-corrected chi connectivity index (χ2v) is 9.09. The Bertz CT molecular complexity index is 784. The molecule has 1 heterocycles. The van der Waals surface area contributed by atoms with Crippen LogP contribution in [0.15, 0.2) is 29.4 Å². The molecule has 0 radical (unpaired) electrons. The second-order valence-electron chi connectivity index (χ2n) is 9.09. The van der Waals surface area contributed by atoms with E-state index in [-0.39, 0.29) is 18.4 Å². The number of piperidine rings is 1. The molecule has 31 heavy (non-hydrogen) atoms. The van der Waals surface area contributed by atoms with Crippen LogP contribution in [0.4, 0.5) is 13.2 Å². The predicted molar refractivity (Wildman–Crippen MR) is 112 cm³/mol. The first-order valence-corrected chi connectivity index (χ1v) is 11.2. The van der Waals surface area contributed by atoms with Gasteiger partial charge in [-0.15, -0.1) is 0 Å². The molecule has 0 spiro atoms. The molecule has 170 valence electrons. The van der Waals surface area contributed by atoms with Crippen molar-refractivity contribution in [3.8, 4) is 5.75 Å². The lowest BCUT2D eigenvalue weighted by Crippen LogP contribution is -2.46. The number of rotatable bonds is 8. The van der Waals surface area contributed by atoms with E-state index in [4.69, 9.17) is 4.74 Å². The summed E-state index contributed by atoms with van der Waals surface area (Å²) in [5, 5.41) is 4.51. The van der Waals surface area contributed by atoms with E-state index >= 15 is 0 Å². The second kappa shape index (κ2) is 9.18. The van der Waals surface area contributed by atoms with Gasteiger partial charge in [0.1, 0.15) is 18.4 Å². The molecular formula is C23H30F3N3O2. The topological polar surface area (TPSA) is 45.1 Å². The molecule has 2 atom stereocenters. The van der Waals surface area contributed by atoms with Crippen LogP contribution >= 0.6 is 0 Å². The van der Waals surface area contributed by atoms with Crippen LogP contribution in [-0.4, -0.2) is 60.0 Å². The maximum atomic E-state index is 12.7. The highest BCUT2D eigenvalue weighted by molar-refractivity contribution is 6.04. The maximum Gasteiger partial charge on any atom is 0.408 e. The van der Waals surface area contributed by atoms with Gasteiger partial charge in [-0.05, 0) is 67.9 Å². The van der Waals surface area contributed by atoms with Gasteiger partial charge >= 0.3 is 6.18 Å². The summed E-state index contributed by atoms with van der Waals surface area (Å²) in [6.07, 6.45) is 2.70. The average Bonchev–Trinajstić information content (AvgIpc) is 3.41. The Morgan fingerprint density at radius 3 is 2.32 bits per heavy atom. The van der Waals surface area contributed by atoms with Crippen molar-refractivity contribution < 1.29 is 22.7 Å². The lowest BCUT2D eigenvalue weighted by Gasteiger charge is -2.41. The van der Waals surface area contributed by atoms with E-state index in [2.05, 4.69) is 10.0 Å². The highest BCUT2D eigenvalue weighted by Crippen LogP contribution is 2.41. The fraction of sp³-hybridized carbons (Fsp3) is 0.652. The first-order valence-electron chi connectivity index (χ1n) is 11.2. The molecule has 1 amide bonds. The van der Waals surface area contributed by atoms with Crippen molar-refractivity contribution in [2.75, 3.05) is 19.6 Å². The van der Waals surface area contributed by atoms with E-state index in [1.807, 2.05) is 31.2 Å². The van der Waals surface area contributed by atoms with Crippen LogP contribution in [0.5, 0.6) is 5.75 Å². The summed E-state index contributed by atoms with van der Waals surface area (Å²) in [5.74, 6) is 1.17. The van der Waals surface area contributed by atoms with Crippen LogP contribution < -0.4 is 4.74 Å². The summed E-state index contributed by atoms with van der Waals surface area (Å²) in [6.45, 7) is 2.79. The fourth-order valence-electron chi connectivity index (χ4n) is 4.47. The number of likely N-dealkylation sites (tertiary alicyclic amines) is 1. The van der Waals surface area contributed by atoms with Gasteiger partial charge in [0, 0.05) is 25.0 Å². The number of benzene rings is 1. The van der Waals surface area contributed by atoms with Crippen molar-refractivity contribution >= 4 is 12.1 Å². The molecule has 4 rings (SSSR count). The number of hydrogen-bond acceptors (Lipinski definition) is 4. The summed E-state index contributed by atoms with van der Waals surface area (Å²) in [5.41, 5.74) is 1.26. The van der Waals surface area contributed by atoms with E-state index in [0.29, 0.717) is 16.6 Å². The smallest absolute Gasteiger partial charge is 0.408 e. The quantitative estimate of drug-likeness (QED) is 0.343. The Kier molecular flexibility index (Phi) is 6.55. The van der Waals surface area contributed by atoms with Gasteiger partial charge in [0.15, 0.2) is 0 Å². The number of amides is 1. The Balaban J connectivity index is 1.39. The molecule has 2 saturated carbocycles. The average molecular weight is 438 g/mol. The molecular weight excluding hydrogens is 407 g/mol. The summed E-state index contributed by atoms with van der Waals surface area (Å²) in [6, 6.07) is 8.14. The minimum Gasteiger partial charge on any atom is -0.490 e. The number of carbonyl (C=O) groups excluding carboxylic acids is 1. The molecule has 1 aromatic rings. The lowest BCUT2D eigenvalue weighted by atomic mass is 9.90. The summed E-state index contributed by atoms with van der Waals surface area (Å²) < 4.78 is 44.3. The summed E-state index contributed by atoms with van der Waals surface area (Å²) in [7, 11) is 0. The van der Waals surface area contributed by atoms with Crippen molar-refractivity contribution in [2.45, 2.75) is 63.8 Å². The van der Waals surface area contributed by atoms with E-state index in [1.54, 1.807) is 0 Å². The molecule has 2 unspecified atom stereocenters. The monoisotopic (exact) mass is 437 g/mol. The van der Waals surface area contributed by atoms with Gasteiger partial charge in [0.25, 0.3) is 0 Å². The highest BCUT2D eigenvalue weighted by Gasteiger charge is 2.39. The number of halogens is 3. The van der Waals surface area contributed by atoms with Crippen LogP contribution in [0.2, 0.25) is 0 Å². The standard InChI is InChI=1S/C23H30F3N3O2/c1-16-13-21(16)22(27-29(15-30)14-23(24,25)26)17-5-7-19(8-6-17)31-20-9-11-28(12-10-20)18-3-2-4-18/h5-8,15-16,18,20-21H,2-4,9-14H2,1H3/b27-22-. The van der Waals surface area contributed by atoms with Crippen LogP contribution in [0.25, 0.3) is 0 Å². The van der Waals surface area contributed by atoms with Crippen LogP contribution in [0.1, 0.15) is 51.0 Å². The van der Waals surface area contributed by atoms with Gasteiger partial charge < -0.3 is 9.64 Å². The fourth-order valence-corrected chi connectivity index (χ4v) is 4.47. The van der Waals surface area contributed by atoms with Crippen molar-refractivity contribution in [2.24, 2.45) is 16.9 Å². The molecule has 1 aliphatic heterocycles. The molecule has 1 aromatic carbocycles. The Morgan fingerprint density at radius 2 is 1.84 bits per heavy atom. The van der Waals surface area contributed by atoms with Gasteiger partial charge in [-0.3, -0.25) is 4.79 Å². The van der Waals surface area contributed by atoms with Crippen LogP contribution in [-0.2, 0) is 4.79 Å². The SMILES string of the molecule is CC1CC1/C(=N\N(C=O)CC(F)(F)F)c1ccc(OC2CCN(C3CCC3)CC2)cc1. The third-order valence-electron chi connectivity index (χ3n) is 6.68. The minimum atomic E-state index is -4.49. The van der Waals surface area contributed by atoms with E-state index in [0.717, 1.165) is 49.7 Å². The molecule has 8 heteroatoms. The van der Waals surface area contributed by atoms with Gasteiger partial charge in [0.2, 0.25) is 6.41 Å². The largest absolute Gasteiger partial charge is 0.490 e. The van der Waals surface area contributed by atoms with Gasteiger partial charge in [-0.2, -0.15) is 18.3 Å². The third-order valence-corrected chi connectivity index (χ3v) is 6.68. The number of hydrazone groups is 1. The molecule has 5 nitrogen and oxygen atoms in total. The highest BCUT2D eigenvalue weighted by atomic mass is 19.4. The Labute approximate surface area is 181 Å². The molecule has 2 aliphatic carbocycles. The molecule has 0 N–H and O–H groups in total. The molecule has 3 fully saturated rings. The number of ether oxygens (including phenoxy) is 1. The normalized spacial score (nSPS) is 25.7. The number of hydrogen-bond donors (Lipinski definition) is 0. The van der Waals surface area contributed by atoms with Crippen LogP contribution in [0.3, 0.4) is 0 Å². The van der Waals surface area contributed by atoms with E-state index in [9.17, 15) is 18.0 Å². The van der Waals surface area contributed by atoms with Crippen molar-refractivity contribution in [3.63, 3.8) is 0 Å². The first kappa shape index (κ1) is 22.1. The van der Waals surface area contributed by atoms with Gasteiger partial charge in [-0.25, -0.2) is 5.01 Å². The Hall–Kier alpha value is -2.09. The van der Waals surface area contributed by atoms with Crippen LogP contribution in [0, 0.1) is 11.8 Å². The van der Waals surface area contributed by atoms with Gasteiger partial charge in [0.05, 0.1) is 5.71 Å². The summed E-state index contributed by atoms with van der Waals surface area (Å²) in [4.78, 5) is 13.7. The number of carbonyl (C=O) groups is 1. The van der Waals surface area contributed by atoms with E-state index < -0.39 is 12.7 Å². The summed E-state index contributed by atoms with van der Waals surface area (Å²) >= 11 is 0. The van der Waals surface area contributed by atoms with Gasteiger partial charge in [-0.1, -0.05) is 13.3 Å². The van der Waals surface area contributed by atoms with Crippen molar-refractivity contribution in [3.05, 3.63) is 29.8 Å². The molecule has 1 saturated heterocycles. The Morgan fingerprint density at radius 1 is 1.19 bits per heavy atom. The predicted octanol–water partition coefficient (Wildman–Crippen LogP) is 4.46. The zero-order valence-electron chi connectivity index (χ0n) is 17.9. The number of nitrogens with zero attached hydrogens (tertiary/aromatic N) is 3. The zero-order valence-corrected chi connectivity index (χ0v) is 17.9. The van der Waals surface area contributed by atoms with Crippen molar-refractivity contribution in [1.29, 1.82) is 0 Å². The molecule has 0 bridgehead atoms. The third kappa shape index (κ3) is 5.79. The first-order chi connectivity index (χ1) is 14.8. The molecule has 3 aliphatic rings. The zero-order chi connectivity index (χ0) is 22.0. The maximum absolute atomic E-state index is 12.7. The van der Waals surface area contributed by atoms with E-state index in [1.165, 1.54) is 19.3 Å². The molecule has 0 aromatic heterocycles. The van der Waals surface area contributed by atoms with Crippen molar-refractivity contribution in [1.82, 2.24) is 9.91 Å². The lowest BCUT2D eigenvalue weighted by molar-refractivity contribution is -0.153. The number of alkyl halides is 3.